The fraction of sp³-hybridized carbons (Fsp3) is 0.583. The lowest BCUT2D eigenvalue weighted by Gasteiger charge is -2.12. The summed E-state index contributed by atoms with van der Waals surface area (Å²) < 4.78 is 0. The Kier molecular flexibility index (Phi) is 2.73. The molecular weight excluding hydrogens is 192 g/mol. The Balaban J connectivity index is 2.15. The number of hydrogen-bond acceptors (Lipinski definition) is 2. The Morgan fingerprint density at radius 1 is 1.43 bits per heavy atom. The minimum absolute atomic E-state index is 0.299. The van der Waals surface area contributed by atoms with Crippen molar-refractivity contribution in [1.82, 2.24) is 0 Å². The first-order valence-electron chi connectivity index (χ1n) is 5.29. The van der Waals surface area contributed by atoms with E-state index in [1.807, 2.05) is 12.1 Å². The number of hydrogen-bond donors (Lipinski definition) is 0. The summed E-state index contributed by atoms with van der Waals surface area (Å²) in [6.07, 6.45) is 3.54. The van der Waals surface area contributed by atoms with Crippen molar-refractivity contribution in [1.29, 1.82) is 0 Å². The van der Waals surface area contributed by atoms with Gasteiger partial charge in [-0.3, -0.25) is 4.79 Å². The van der Waals surface area contributed by atoms with Crippen molar-refractivity contribution >= 4 is 17.1 Å². The predicted molar refractivity (Wildman–Crippen MR) is 59.9 cm³/mol. The van der Waals surface area contributed by atoms with E-state index >= 15 is 0 Å². The lowest BCUT2D eigenvalue weighted by molar-refractivity contribution is 0.0901. The molecule has 0 bridgehead atoms. The fourth-order valence-electron chi connectivity index (χ4n) is 2.28. The maximum atomic E-state index is 12.1. The molecule has 1 aromatic rings. The van der Waals surface area contributed by atoms with Crippen molar-refractivity contribution in [3.63, 3.8) is 0 Å². The summed E-state index contributed by atoms with van der Waals surface area (Å²) >= 11 is 1.64. The van der Waals surface area contributed by atoms with Crippen LogP contribution in [0.3, 0.4) is 0 Å². The van der Waals surface area contributed by atoms with E-state index < -0.39 is 0 Å². The van der Waals surface area contributed by atoms with Crippen LogP contribution in [0.2, 0.25) is 0 Å². The third-order valence-corrected chi connectivity index (χ3v) is 4.20. The lowest BCUT2D eigenvalue weighted by Crippen LogP contribution is -2.15. The summed E-state index contributed by atoms with van der Waals surface area (Å²) in [5, 5.41) is 0. The number of thiophene rings is 1. The van der Waals surface area contributed by atoms with Crippen molar-refractivity contribution in [2.45, 2.75) is 33.1 Å². The van der Waals surface area contributed by atoms with Crippen LogP contribution in [0.25, 0.3) is 0 Å². The molecular formula is C12H16OS. The van der Waals surface area contributed by atoms with Gasteiger partial charge in [-0.25, -0.2) is 0 Å². The maximum Gasteiger partial charge on any atom is 0.176 e. The van der Waals surface area contributed by atoms with E-state index in [9.17, 15) is 4.79 Å². The van der Waals surface area contributed by atoms with Crippen LogP contribution in [0.4, 0.5) is 0 Å². The van der Waals surface area contributed by atoms with E-state index in [1.54, 1.807) is 11.3 Å². The predicted octanol–water partition coefficient (Wildman–Crippen LogP) is 3.68. The number of aryl methyl sites for hydroxylation is 1. The molecule has 14 heavy (non-hydrogen) atoms. The van der Waals surface area contributed by atoms with E-state index in [-0.39, 0.29) is 0 Å². The Hall–Kier alpha value is -0.630. The van der Waals surface area contributed by atoms with E-state index in [4.69, 9.17) is 0 Å². The highest BCUT2D eigenvalue weighted by Crippen LogP contribution is 2.34. The molecule has 2 rings (SSSR count). The van der Waals surface area contributed by atoms with E-state index in [0.717, 1.165) is 11.3 Å². The van der Waals surface area contributed by atoms with Crippen LogP contribution in [0, 0.1) is 18.8 Å². The molecule has 1 saturated carbocycles. The van der Waals surface area contributed by atoms with Crippen LogP contribution in [0.15, 0.2) is 12.1 Å². The van der Waals surface area contributed by atoms with Gasteiger partial charge in [-0.2, -0.15) is 0 Å². The number of carbonyl (C=O) groups excluding carboxylic acids is 1. The molecule has 1 fully saturated rings. The lowest BCUT2D eigenvalue weighted by atomic mass is 9.93. The molecule has 0 saturated heterocycles. The number of carbonyl (C=O) groups is 1. The van der Waals surface area contributed by atoms with Gasteiger partial charge >= 0.3 is 0 Å². The second-order valence-corrected chi connectivity index (χ2v) is 5.58. The average molecular weight is 208 g/mol. The van der Waals surface area contributed by atoms with Gasteiger partial charge in [0.25, 0.3) is 0 Å². The topological polar surface area (TPSA) is 17.1 Å². The van der Waals surface area contributed by atoms with Gasteiger partial charge in [-0.1, -0.05) is 13.3 Å². The standard InChI is InChI=1S/C12H16OS/c1-8-4-3-5-10(8)12(13)11-7-6-9(2)14-11/h6-8,10H,3-5H2,1-2H3. The summed E-state index contributed by atoms with van der Waals surface area (Å²) in [4.78, 5) is 14.3. The molecule has 2 atom stereocenters. The molecule has 1 aromatic heterocycles. The fourth-order valence-corrected chi connectivity index (χ4v) is 3.16. The van der Waals surface area contributed by atoms with Gasteiger partial charge in [0.15, 0.2) is 5.78 Å². The highest BCUT2D eigenvalue weighted by atomic mass is 32.1. The largest absolute Gasteiger partial charge is 0.293 e. The number of Topliss-reactive ketones (excluding diaryl/α,β-unsaturated/α-hetero) is 1. The van der Waals surface area contributed by atoms with Gasteiger partial charge in [0.1, 0.15) is 0 Å². The third kappa shape index (κ3) is 1.76. The molecule has 2 unspecified atom stereocenters. The Labute approximate surface area is 89.1 Å². The molecule has 0 aliphatic heterocycles. The Morgan fingerprint density at radius 2 is 2.21 bits per heavy atom. The van der Waals surface area contributed by atoms with Gasteiger partial charge in [-0.15, -0.1) is 11.3 Å². The number of ketones is 1. The summed E-state index contributed by atoms with van der Waals surface area (Å²) in [5.41, 5.74) is 0. The zero-order valence-electron chi connectivity index (χ0n) is 8.75. The van der Waals surface area contributed by atoms with Crippen LogP contribution >= 0.6 is 11.3 Å². The van der Waals surface area contributed by atoms with Crippen molar-refractivity contribution in [3.8, 4) is 0 Å². The van der Waals surface area contributed by atoms with Crippen LogP contribution in [0.1, 0.15) is 40.7 Å². The van der Waals surface area contributed by atoms with Gasteiger partial charge in [-0.05, 0) is 37.8 Å². The SMILES string of the molecule is Cc1ccc(C(=O)C2CCCC2C)s1. The van der Waals surface area contributed by atoms with Crippen molar-refractivity contribution in [2.75, 3.05) is 0 Å². The highest BCUT2D eigenvalue weighted by Gasteiger charge is 2.30. The van der Waals surface area contributed by atoms with Crippen LogP contribution in [0.5, 0.6) is 0 Å². The molecule has 0 radical (unpaired) electrons. The summed E-state index contributed by atoms with van der Waals surface area (Å²) in [6.45, 7) is 4.26. The van der Waals surface area contributed by atoms with Crippen LogP contribution in [-0.2, 0) is 0 Å². The van der Waals surface area contributed by atoms with E-state index in [2.05, 4.69) is 13.8 Å². The van der Waals surface area contributed by atoms with Gasteiger partial charge in [0.05, 0.1) is 4.88 Å². The first-order chi connectivity index (χ1) is 6.68. The minimum Gasteiger partial charge on any atom is -0.293 e. The molecule has 0 aromatic carbocycles. The van der Waals surface area contributed by atoms with Crippen LogP contribution in [-0.4, -0.2) is 5.78 Å². The van der Waals surface area contributed by atoms with Gasteiger partial charge in [0, 0.05) is 10.8 Å². The monoisotopic (exact) mass is 208 g/mol. The Bertz CT molecular complexity index is 340. The molecule has 76 valence electrons. The first-order valence-corrected chi connectivity index (χ1v) is 6.11. The summed E-state index contributed by atoms with van der Waals surface area (Å²) in [7, 11) is 0. The number of rotatable bonds is 2. The summed E-state index contributed by atoms with van der Waals surface area (Å²) in [5.74, 6) is 1.27. The molecule has 1 aliphatic rings. The van der Waals surface area contributed by atoms with Gasteiger partial charge in [0.2, 0.25) is 0 Å². The molecule has 2 heteroatoms. The molecule has 1 nitrogen and oxygen atoms in total. The smallest absolute Gasteiger partial charge is 0.176 e. The molecule has 0 N–H and O–H groups in total. The Morgan fingerprint density at radius 3 is 2.71 bits per heavy atom. The van der Waals surface area contributed by atoms with E-state index in [0.29, 0.717) is 17.6 Å². The zero-order chi connectivity index (χ0) is 10.1. The van der Waals surface area contributed by atoms with Crippen molar-refractivity contribution < 1.29 is 4.79 Å². The van der Waals surface area contributed by atoms with Gasteiger partial charge < -0.3 is 0 Å². The van der Waals surface area contributed by atoms with Crippen molar-refractivity contribution in [3.05, 3.63) is 21.9 Å². The second-order valence-electron chi connectivity index (χ2n) is 4.29. The molecule has 0 amide bonds. The quantitative estimate of drug-likeness (QED) is 0.678. The first kappa shape index (κ1) is 9.91. The summed E-state index contributed by atoms with van der Waals surface area (Å²) in [6, 6.07) is 4.02. The van der Waals surface area contributed by atoms with Crippen LogP contribution < -0.4 is 0 Å². The normalized spacial score (nSPS) is 26.7. The molecule has 1 heterocycles. The zero-order valence-corrected chi connectivity index (χ0v) is 9.56. The molecule has 1 aliphatic carbocycles. The van der Waals surface area contributed by atoms with Crippen molar-refractivity contribution in [2.24, 2.45) is 11.8 Å². The molecule has 0 spiro atoms. The second kappa shape index (κ2) is 3.85. The van der Waals surface area contributed by atoms with E-state index in [1.165, 1.54) is 17.7 Å². The maximum absolute atomic E-state index is 12.1. The average Bonchev–Trinajstić information content (AvgIpc) is 2.73. The third-order valence-electron chi connectivity index (χ3n) is 3.18. The highest BCUT2D eigenvalue weighted by molar-refractivity contribution is 7.14. The minimum atomic E-state index is 0.299.